The molecule has 1 amide bonds. The summed E-state index contributed by atoms with van der Waals surface area (Å²) in [6.07, 6.45) is 0.665. The maximum Gasteiger partial charge on any atom is 0.237 e. The van der Waals surface area contributed by atoms with Crippen molar-refractivity contribution in [2.75, 3.05) is 6.54 Å². The van der Waals surface area contributed by atoms with Gasteiger partial charge in [-0.1, -0.05) is 65.7 Å². The van der Waals surface area contributed by atoms with Crippen LogP contribution in [0.3, 0.4) is 0 Å². The first kappa shape index (κ1) is 23.3. The molecule has 0 spiro atoms. The Labute approximate surface area is 200 Å². The SMILES string of the molecule is Cc1ccc(COc2ccc(COC3CNC(C(=O)NCc4ccc(Cl)cc4)C3)cc2)cc1. The van der Waals surface area contributed by atoms with Crippen molar-refractivity contribution < 1.29 is 14.3 Å². The first-order valence-corrected chi connectivity index (χ1v) is 11.6. The molecular formula is C27H29ClN2O3. The molecule has 3 aromatic rings. The fraction of sp³-hybridized carbons (Fsp3) is 0.296. The normalized spacial score (nSPS) is 17.6. The van der Waals surface area contributed by atoms with E-state index in [0.29, 0.717) is 37.7 Å². The van der Waals surface area contributed by atoms with E-state index in [1.54, 1.807) is 0 Å². The van der Waals surface area contributed by atoms with E-state index in [1.165, 1.54) is 5.56 Å². The van der Waals surface area contributed by atoms with Gasteiger partial charge in [-0.15, -0.1) is 0 Å². The van der Waals surface area contributed by atoms with Gasteiger partial charge < -0.3 is 20.1 Å². The number of rotatable bonds is 9. The summed E-state index contributed by atoms with van der Waals surface area (Å²) >= 11 is 5.90. The fourth-order valence-electron chi connectivity index (χ4n) is 3.69. The predicted octanol–water partition coefficient (Wildman–Crippen LogP) is 4.79. The fourth-order valence-corrected chi connectivity index (χ4v) is 3.82. The third-order valence-electron chi connectivity index (χ3n) is 5.72. The van der Waals surface area contributed by atoms with Crippen LogP contribution < -0.4 is 15.4 Å². The van der Waals surface area contributed by atoms with E-state index in [2.05, 4.69) is 41.8 Å². The molecule has 1 saturated heterocycles. The molecule has 0 radical (unpaired) electrons. The van der Waals surface area contributed by atoms with E-state index >= 15 is 0 Å². The molecule has 0 saturated carbocycles. The van der Waals surface area contributed by atoms with Gasteiger partial charge in [-0.05, 0) is 54.3 Å². The molecule has 0 aliphatic carbocycles. The number of aryl methyl sites for hydroxylation is 1. The van der Waals surface area contributed by atoms with Crippen molar-refractivity contribution in [3.63, 3.8) is 0 Å². The van der Waals surface area contributed by atoms with Crippen molar-refractivity contribution in [1.82, 2.24) is 10.6 Å². The van der Waals surface area contributed by atoms with E-state index in [0.717, 1.165) is 22.4 Å². The Morgan fingerprint density at radius 3 is 2.30 bits per heavy atom. The third kappa shape index (κ3) is 7.06. The Morgan fingerprint density at radius 2 is 1.58 bits per heavy atom. The van der Waals surface area contributed by atoms with E-state index in [-0.39, 0.29) is 18.1 Å². The summed E-state index contributed by atoms with van der Waals surface area (Å²) in [6.45, 7) is 4.27. The largest absolute Gasteiger partial charge is 0.489 e. The van der Waals surface area contributed by atoms with E-state index in [1.807, 2.05) is 48.5 Å². The molecule has 1 heterocycles. The van der Waals surface area contributed by atoms with Crippen LogP contribution in [0.5, 0.6) is 5.75 Å². The Hall–Kier alpha value is -2.86. The van der Waals surface area contributed by atoms with Crippen molar-refractivity contribution in [3.8, 4) is 5.75 Å². The lowest BCUT2D eigenvalue weighted by Crippen LogP contribution is -2.39. The second kappa shape index (κ2) is 11.3. The minimum atomic E-state index is -0.236. The van der Waals surface area contributed by atoms with E-state index in [4.69, 9.17) is 21.1 Å². The lowest BCUT2D eigenvalue weighted by molar-refractivity contribution is -0.123. The number of halogens is 1. The summed E-state index contributed by atoms with van der Waals surface area (Å²) in [5, 5.41) is 6.92. The molecule has 1 aliphatic rings. The van der Waals surface area contributed by atoms with E-state index in [9.17, 15) is 4.79 Å². The lowest BCUT2D eigenvalue weighted by Gasteiger charge is -2.13. The van der Waals surface area contributed by atoms with Crippen LogP contribution in [-0.2, 0) is 29.3 Å². The Balaban J connectivity index is 1.17. The quantitative estimate of drug-likeness (QED) is 0.478. The molecule has 172 valence electrons. The number of hydrogen-bond acceptors (Lipinski definition) is 4. The zero-order chi connectivity index (χ0) is 23.0. The van der Waals surface area contributed by atoms with Gasteiger partial charge in [0.2, 0.25) is 5.91 Å². The first-order valence-electron chi connectivity index (χ1n) is 11.2. The first-order chi connectivity index (χ1) is 16.0. The maximum absolute atomic E-state index is 12.5. The Kier molecular flexibility index (Phi) is 8.00. The van der Waals surface area contributed by atoms with Gasteiger partial charge in [0.1, 0.15) is 12.4 Å². The van der Waals surface area contributed by atoms with Crippen molar-refractivity contribution in [2.24, 2.45) is 0 Å². The standard InChI is InChI=1S/C27H29ClN2O3/c1-19-2-4-21(5-3-19)17-32-24-12-8-22(9-13-24)18-33-25-14-26(29-16-25)27(31)30-15-20-6-10-23(28)11-7-20/h2-13,25-26,29H,14-18H2,1H3,(H,30,31). The highest BCUT2D eigenvalue weighted by atomic mass is 35.5. The minimum absolute atomic E-state index is 0.00810. The van der Waals surface area contributed by atoms with Crippen LogP contribution in [0, 0.1) is 6.92 Å². The van der Waals surface area contributed by atoms with Gasteiger partial charge in [0.05, 0.1) is 18.8 Å². The molecule has 2 atom stereocenters. The van der Waals surface area contributed by atoms with Crippen molar-refractivity contribution in [1.29, 1.82) is 0 Å². The zero-order valence-corrected chi connectivity index (χ0v) is 19.5. The van der Waals surface area contributed by atoms with Gasteiger partial charge in [-0.25, -0.2) is 0 Å². The molecule has 4 rings (SSSR count). The number of hydrogen-bond donors (Lipinski definition) is 2. The number of carbonyl (C=O) groups excluding carboxylic acids is 1. The molecule has 5 nitrogen and oxygen atoms in total. The molecule has 1 fully saturated rings. The molecule has 3 aromatic carbocycles. The summed E-state index contributed by atoms with van der Waals surface area (Å²) in [7, 11) is 0. The highest BCUT2D eigenvalue weighted by Gasteiger charge is 2.29. The van der Waals surface area contributed by atoms with Crippen LogP contribution in [0.15, 0.2) is 72.8 Å². The van der Waals surface area contributed by atoms with Crippen LogP contribution in [-0.4, -0.2) is 24.6 Å². The van der Waals surface area contributed by atoms with Crippen LogP contribution in [0.1, 0.15) is 28.7 Å². The molecule has 2 N–H and O–H groups in total. The summed E-state index contributed by atoms with van der Waals surface area (Å²) in [5.41, 5.74) is 4.48. The number of nitrogens with one attached hydrogen (secondary N) is 2. The molecule has 2 unspecified atom stereocenters. The third-order valence-corrected chi connectivity index (χ3v) is 5.97. The van der Waals surface area contributed by atoms with E-state index < -0.39 is 0 Å². The number of amides is 1. The smallest absolute Gasteiger partial charge is 0.237 e. The zero-order valence-electron chi connectivity index (χ0n) is 18.7. The molecule has 0 aromatic heterocycles. The number of ether oxygens (including phenoxy) is 2. The molecular weight excluding hydrogens is 436 g/mol. The summed E-state index contributed by atoms with van der Waals surface area (Å²) < 4.78 is 11.9. The monoisotopic (exact) mass is 464 g/mol. The van der Waals surface area contributed by atoms with Crippen LogP contribution >= 0.6 is 11.6 Å². The molecule has 6 heteroatoms. The maximum atomic E-state index is 12.5. The highest BCUT2D eigenvalue weighted by molar-refractivity contribution is 6.30. The molecule has 1 aliphatic heterocycles. The second-order valence-corrected chi connectivity index (χ2v) is 8.83. The Morgan fingerprint density at radius 1 is 0.939 bits per heavy atom. The average molecular weight is 465 g/mol. The van der Waals surface area contributed by atoms with Gasteiger partial charge in [0.15, 0.2) is 0 Å². The van der Waals surface area contributed by atoms with Gasteiger partial charge in [-0.3, -0.25) is 4.79 Å². The molecule has 33 heavy (non-hydrogen) atoms. The van der Waals surface area contributed by atoms with Gasteiger partial charge in [-0.2, -0.15) is 0 Å². The van der Waals surface area contributed by atoms with Crippen LogP contribution in [0.2, 0.25) is 5.02 Å². The summed E-state index contributed by atoms with van der Waals surface area (Å²) in [6, 6.07) is 23.5. The lowest BCUT2D eigenvalue weighted by atomic mass is 10.1. The Bertz CT molecular complexity index is 1040. The number of carbonyl (C=O) groups is 1. The van der Waals surface area contributed by atoms with Crippen molar-refractivity contribution in [3.05, 3.63) is 100 Å². The average Bonchev–Trinajstić information content (AvgIpc) is 3.32. The highest BCUT2D eigenvalue weighted by Crippen LogP contribution is 2.18. The second-order valence-electron chi connectivity index (χ2n) is 8.39. The van der Waals surface area contributed by atoms with Gasteiger partial charge in [0, 0.05) is 18.1 Å². The van der Waals surface area contributed by atoms with Gasteiger partial charge in [0.25, 0.3) is 0 Å². The van der Waals surface area contributed by atoms with Crippen LogP contribution in [0.4, 0.5) is 0 Å². The topological polar surface area (TPSA) is 59.6 Å². The summed E-state index contributed by atoms with van der Waals surface area (Å²) in [4.78, 5) is 12.5. The molecule has 0 bridgehead atoms. The minimum Gasteiger partial charge on any atom is -0.489 e. The predicted molar refractivity (Wildman–Crippen MR) is 130 cm³/mol. The number of benzene rings is 3. The van der Waals surface area contributed by atoms with Gasteiger partial charge >= 0.3 is 0 Å². The van der Waals surface area contributed by atoms with Crippen molar-refractivity contribution in [2.45, 2.75) is 45.2 Å². The summed E-state index contributed by atoms with van der Waals surface area (Å²) in [5.74, 6) is 0.824. The van der Waals surface area contributed by atoms with Crippen molar-refractivity contribution >= 4 is 17.5 Å². The van der Waals surface area contributed by atoms with Crippen LogP contribution in [0.25, 0.3) is 0 Å².